The molecule has 2 amide bonds. The summed E-state index contributed by atoms with van der Waals surface area (Å²) in [4.78, 5) is 24.8. The van der Waals surface area contributed by atoms with Crippen molar-refractivity contribution in [2.45, 2.75) is 6.92 Å². The van der Waals surface area contributed by atoms with Crippen LogP contribution in [0.4, 0.5) is 5.69 Å². The van der Waals surface area contributed by atoms with E-state index in [0.29, 0.717) is 31.2 Å². The predicted octanol–water partition coefficient (Wildman–Crippen LogP) is 5.46. The highest BCUT2D eigenvalue weighted by Crippen LogP contribution is 2.22. The van der Waals surface area contributed by atoms with Crippen LogP contribution >= 0.6 is 34.5 Å². The third-order valence-electron chi connectivity index (χ3n) is 3.80. The van der Waals surface area contributed by atoms with Crippen LogP contribution in [0.25, 0.3) is 0 Å². The molecular weight excluding hydrogens is 417 g/mol. The Hall–Kier alpha value is -2.67. The molecule has 1 aromatic heterocycles. The molecule has 142 valence electrons. The third kappa shape index (κ3) is 4.98. The molecule has 0 spiro atoms. The van der Waals surface area contributed by atoms with E-state index in [0.717, 1.165) is 5.56 Å². The third-order valence-corrected chi connectivity index (χ3v) is 5.36. The molecule has 0 atom stereocenters. The van der Waals surface area contributed by atoms with Gasteiger partial charge in [0.05, 0.1) is 25.5 Å². The van der Waals surface area contributed by atoms with Gasteiger partial charge in [-0.3, -0.25) is 9.59 Å². The van der Waals surface area contributed by atoms with Crippen molar-refractivity contribution >= 4 is 57.8 Å². The average Bonchev–Trinajstić information content (AvgIpc) is 3.13. The Balaban J connectivity index is 1.64. The van der Waals surface area contributed by atoms with Crippen molar-refractivity contribution in [3.63, 3.8) is 0 Å². The maximum absolute atomic E-state index is 12.2. The minimum absolute atomic E-state index is 0.220. The Kier molecular flexibility index (Phi) is 6.46. The number of benzene rings is 2. The minimum atomic E-state index is -0.386. The Bertz CT molecular complexity index is 1050. The van der Waals surface area contributed by atoms with Gasteiger partial charge in [0, 0.05) is 5.69 Å². The molecule has 3 aromatic rings. The smallest absolute Gasteiger partial charge is 0.272 e. The van der Waals surface area contributed by atoms with Gasteiger partial charge in [-0.2, -0.15) is 5.10 Å². The standard InChI is InChI=1S/C20H15Cl2N3O2S/c1-12(24-25-19(26)15-4-2-3-5-16(15)21)13-6-8-14(9-7-13)23-20(27)17-10-11-18(22)28-17/h2-11H,1H3,(H,23,27)(H,25,26)/b24-12+. The number of anilines is 1. The van der Waals surface area contributed by atoms with Crippen molar-refractivity contribution in [2.75, 3.05) is 5.32 Å². The van der Waals surface area contributed by atoms with Crippen LogP contribution in [-0.2, 0) is 0 Å². The summed E-state index contributed by atoms with van der Waals surface area (Å²) in [5.74, 6) is -0.606. The van der Waals surface area contributed by atoms with Crippen LogP contribution in [0.2, 0.25) is 9.36 Å². The largest absolute Gasteiger partial charge is 0.321 e. The first-order valence-electron chi connectivity index (χ1n) is 8.20. The van der Waals surface area contributed by atoms with Gasteiger partial charge in [-0.05, 0) is 48.9 Å². The van der Waals surface area contributed by atoms with Gasteiger partial charge in [-0.15, -0.1) is 11.3 Å². The quantitative estimate of drug-likeness (QED) is 0.415. The Labute approximate surface area is 176 Å². The molecule has 2 N–H and O–H groups in total. The van der Waals surface area contributed by atoms with E-state index in [-0.39, 0.29) is 11.8 Å². The molecule has 5 nitrogen and oxygen atoms in total. The van der Waals surface area contributed by atoms with E-state index in [2.05, 4.69) is 15.8 Å². The van der Waals surface area contributed by atoms with Crippen molar-refractivity contribution in [1.29, 1.82) is 0 Å². The van der Waals surface area contributed by atoms with Gasteiger partial charge in [0.25, 0.3) is 11.8 Å². The van der Waals surface area contributed by atoms with E-state index in [9.17, 15) is 9.59 Å². The molecule has 0 saturated carbocycles. The number of hydrogen-bond donors (Lipinski definition) is 2. The zero-order valence-electron chi connectivity index (χ0n) is 14.7. The zero-order valence-corrected chi connectivity index (χ0v) is 17.0. The normalized spacial score (nSPS) is 11.2. The van der Waals surface area contributed by atoms with Gasteiger partial charge in [-0.25, -0.2) is 5.43 Å². The van der Waals surface area contributed by atoms with E-state index < -0.39 is 0 Å². The van der Waals surface area contributed by atoms with Gasteiger partial charge < -0.3 is 5.32 Å². The molecule has 0 aliphatic heterocycles. The van der Waals surface area contributed by atoms with Gasteiger partial charge in [0.1, 0.15) is 0 Å². The number of nitrogens with one attached hydrogen (secondary N) is 2. The van der Waals surface area contributed by atoms with Crippen molar-refractivity contribution in [3.05, 3.63) is 86.0 Å². The highest BCUT2D eigenvalue weighted by atomic mass is 35.5. The molecule has 3 rings (SSSR count). The Morgan fingerprint density at radius 3 is 2.29 bits per heavy atom. The van der Waals surface area contributed by atoms with E-state index >= 15 is 0 Å². The van der Waals surface area contributed by atoms with E-state index in [1.54, 1.807) is 67.6 Å². The number of hydrogen-bond acceptors (Lipinski definition) is 4. The number of thiophene rings is 1. The molecule has 1 heterocycles. The van der Waals surface area contributed by atoms with Crippen LogP contribution in [0.1, 0.15) is 32.5 Å². The molecule has 0 aliphatic rings. The van der Waals surface area contributed by atoms with Crippen LogP contribution in [0.5, 0.6) is 0 Å². The summed E-state index contributed by atoms with van der Waals surface area (Å²) < 4.78 is 0.561. The molecule has 0 saturated heterocycles. The maximum atomic E-state index is 12.2. The van der Waals surface area contributed by atoms with Gasteiger partial charge in [0.15, 0.2) is 0 Å². The first-order chi connectivity index (χ1) is 13.4. The second-order valence-corrected chi connectivity index (χ2v) is 7.88. The zero-order chi connectivity index (χ0) is 20.1. The first kappa shape index (κ1) is 20.1. The molecule has 28 heavy (non-hydrogen) atoms. The second-order valence-electron chi connectivity index (χ2n) is 5.75. The van der Waals surface area contributed by atoms with Gasteiger partial charge >= 0.3 is 0 Å². The van der Waals surface area contributed by atoms with E-state index in [1.807, 2.05) is 0 Å². The van der Waals surface area contributed by atoms with E-state index in [1.165, 1.54) is 11.3 Å². The molecule has 0 fully saturated rings. The second kappa shape index (κ2) is 9.01. The number of hydrazone groups is 1. The molecule has 0 unspecified atom stereocenters. The summed E-state index contributed by atoms with van der Waals surface area (Å²) in [6.45, 7) is 1.77. The highest BCUT2D eigenvalue weighted by molar-refractivity contribution is 7.18. The lowest BCUT2D eigenvalue weighted by Crippen LogP contribution is -2.19. The molecule has 2 aromatic carbocycles. The number of amides is 2. The Morgan fingerprint density at radius 1 is 0.929 bits per heavy atom. The fraction of sp³-hybridized carbons (Fsp3) is 0.0500. The molecule has 0 radical (unpaired) electrons. The van der Waals surface area contributed by atoms with Gasteiger partial charge in [-0.1, -0.05) is 47.5 Å². The topological polar surface area (TPSA) is 70.6 Å². The van der Waals surface area contributed by atoms with Crippen molar-refractivity contribution in [3.8, 4) is 0 Å². The lowest BCUT2D eigenvalue weighted by molar-refractivity contribution is 0.0954. The van der Waals surface area contributed by atoms with Crippen LogP contribution < -0.4 is 10.7 Å². The van der Waals surface area contributed by atoms with Crippen LogP contribution in [-0.4, -0.2) is 17.5 Å². The van der Waals surface area contributed by atoms with Crippen LogP contribution in [0.3, 0.4) is 0 Å². The van der Waals surface area contributed by atoms with Crippen molar-refractivity contribution < 1.29 is 9.59 Å². The van der Waals surface area contributed by atoms with Crippen LogP contribution in [0, 0.1) is 0 Å². The maximum Gasteiger partial charge on any atom is 0.272 e. The summed E-state index contributed by atoms with van der Waals surface area (Å²) in [6.07, 6.45) is 0. The summed E-state index contributed by atoms with van der Waals surface area (Å²) in [5, 5.41) is 7.28. The van der Waals surface area contributed by atoms with Crippen LogP contribution in [0.15, 0.2) is 65.8 Å². The number of carbonyl (C=O) groups is 2. The number of carbonyl (C=O) groups excluding carboxylic acids is 2. The molecule has 0 bridgehead atoms. The lowest BCUT2D eigenvalue weighted by atomic mass is 10.1. The summed E-state index contributed by atoms with van der Waals surface area (Å²) >= 11 is 13.1. The minimum Gasteiger partial charge on any atom is -0.321 e. The van der Waals surface area contributed by atoms with Crippen molar-refractivity contribution in [2.24, 2.45) is 5.10 Å². The van der Waals surface area contributed by atoms with Crippen molar-refractivity contribution in [1.82, 2.24) is 5.43 Å². The highest BCUT2D eigenvalue weighted by Gasteiger charge is 2.10. The number of nitrogens with zero attached hydrogens (tertiary/aromatic N) is 1. The molecule has 8 heteroatoms. The molecule has 0 aliphatic carbocycles. The summed E-state index contributed by atoms with van der Waals surface area (Å²) in [7, 11) is 0. The fourth-order valence-corrected chi connectivity index (χ4v) is 3.49. The number of rotatable bonds is 5. The summed E-state index contributed by atoms with van der Waals surface area (Å²) in [6, 6.07) is 17.2. The Morgan fingerprint density at radius 2 is 1.64 bits per heavy atom. The van der Waals surface area contributed by atoms with E-state index in [4.69, 9.17) is 23.2 Å². The SMILES string of the molecule is C/C(=N\NC(=O)c1ccccc1Cl)c1ccc(NC(=O)c2ccc(Cl)s2)cc1. The monoisotopic (exact) mass is 431 g/mol. The lowest BCUT2D eigenvalue weighted by Gasteiger charge is -2.07. The number of halogens is 2. The average molecular weight is 432 g/mol. The fourth-order valence-electron chi connectivity index (χ4n) is 2.33. The van der Waals surface area contributed by atoms with Gasteiger partial charge in [0.2, 0.25) is 0 Å². The molecular formula is C20H15Cl2N3O2S. The predicted molar refractivity (Wildman–Crippen MR) is 115 cm³/mol. The first-order valence-corrected chi connectivity index (χ1v) is 9.77. The summed E-state index contributed by atoms with van der Waals surface area (Å²) in [5.41, 5.74) is 4.91.